The summed E-state index contributed by atoms with van der Waals surface area (Å²) >= 11 is 0. The van der Waals surface area contributed by atoms with Crippen molar-refractivity contribution in [1.82, 2.24) is 5.32 Å². The number of ether oxygens (including phenoxy) is 1. The fourth-order valence-corrected chi connectivity index (χ4v) is 2.01. The number of aromatic hydroxyl groups is 1. The molecule has 0 radical (unpaired) electrons. The highest BCUT2D eigenvalue weighted by molar-refractivity contribution is 5.79. The van der Waals surface area contributed by atoms with Crippen molar-refractivity contribution in [2.75, 3.05) is 0 Å². The third-order valence-electron chi connectivity index (χ3n) is 2.98. The SMILES string of the molecule is CC(NC(=O)OC(C)(C)C)c1cc(F)cc(C/C=C/C(=O)O)c1O. The Kier molecular flexibility index (Phi) is 6.34. The number of nitrogens with one attached hydrogen (secondary N) is 1. The maximum absolute atomic E-state index is 13.8. The van der Waals surface area contributed by atoms with Gasteiger partial charge in [-0.1, -0.05) is 6.08 Å². The van der Waals surface area contributed by atoms with Gasteiger partial charge >= 0.3 is 12.1 Å². The van der Waals surface area contributed by atoms with Crippen molar-refractivity contribution in [3.63, 3.8) is 0 Å². The van der Waals surface area contributed by atoms with Gasteiger partial charge in [-0.15, -0.1) is 0 Å². The molecule has 6 nitrogen and oxygen atoms in total. The number of halogens is 1. The van der Waals surface area contributed by atoms with Gasteiger partial charge in [-0.2, -0.15) is 0 Å². The molecule has 1 atom stereocenters. The van der Waals surface area contributed by atoms with Gasteiger partial charge in [0.1, 0.15) is 17.2 Å². The topological polar surface area (TPSA) is 95.9 Å². The van der Waals surface area contributed by atoms with Crippen LogP contribution < -0.4 is 5.32 Å². The lowest BCUT2D eigenvalue weighted by Crippen LogP contribution is -2.34. The fraction of sp³-hybridized carbons (Fsp3) is 0.412. The summed E-state index contributed by atoms with van der Waals surface area (Å²) in [5, 5.41) is 21.3. The van der Waals surface area contributed by atoms with Crippen molar-refractivity contribution in [1.29, 1.82) is 0 Å². The molecule has 1 unspecified atom stereocenters. The first-order chi connectivity index (χ1) is 11.0. The van der Waals surface area contributed by atoms with Crippen LogP contribution in [0.3, 0.4) is 0 Å². The Morgan fingerprint density at radius 2 is 2.00 bits per heavy atom. The molecule has 0 aliphatic heterocycles. The first-order valence-electron chi connectivity index (χ1n) is 7.40. The number of phenols is 1. The molecule has 1 aromatic carbocycles. The number of aliphatic carboxylic acids is 1. The van der Waals surface area contributed by atoms with Crippen molar-refractivity contribution in [3.05, 3.63) is 41.2 Å². The zero-order chi connectivity index (χ0) is 18.5. The van der Waals surface area contributed by atoms with Gasteiger partial charge in [0.15, 0.2) is 0 Å². The normalized spacial score (nSPS) is 12.9. The molecule has 0 fully saturated rings. The summed E-state index contributed by atoms with van der Waals surface area (Å²) in [6, 6.07) is 1.53. The van der Waals surface area contributed by atoms with Gasteiger partial charge in [0.25, 0.3) is 0 Å². The standard InChI is InChI=1S/C17H22FNO5/c1-10(19-16(23)24-17(2,3)4)13-9-12(18)8-11(15(13)22)6-5-7-14(20)21/h5,7-10,22H,6H2,1-4H3,(H,19,23)(H,20,21)/b7-5+. The van der Waals surface area contributed by atoms with E-state index < -0.39 is 29.5 Å². The highest BCUT2D eigenvalue weighted by atomic mass is 19.1. The molecule has 0 saturated heterocycles. The number of carbonyl (C=O) groups is 2. The zero-order valence-corrected chi connectivity index (χ0v) is 14.1. The molecule has 1 amide bonds. The summed E-state index contributed by atoms with van der Waals surface area (Å²) in [5.41, 5.74) is -0.277. The Balaban J connectivity index is 2.96. The largest absolute Gasteiger partial charge is 0.507 e. The van der Waals surface area contributed by atoms with E-state index in [1.165, 1.54) is 6.08 Å². The molecule has 24 heavy (non-hydrogen) atoms. The first-order valence-corrected chi connectivity index (χ1v) is 7.40. The maximum Gasteiger partial charge on any atom is 0.408 e. The second-order valence-electron chi connectivity index (χ2n) is 6.32. The third kappa shape index (κ3) is 6.28. The lowest BCUT2D eigenvalue weighted by molar-refractivity contribution is -0.131. The third-order valence-corrected chi connectivity index (χ3v) is 2.98. The van der Waals surface area contributed by atoms with Gasteiger partial charge < -0.3 is 20.3 Å². The Hall–Kier alpha value is -2.57. The molecule has 0 heterocycles. The molecule has 3 N–H and O–H groups in total. The van der Waals surface area contributed by atoms with Crippen molar-refractivity contribution < 1.29 is 28.9 Å². The van der Waals surface area contributed by atoms with Crippen molar-refractivity contribution >= 4 is 12.1 Å². The van der Waals surface area contributed by atoms with Crippen LogP contribution in [0.4, 0.5) is 9.18 Å². The Labute approximate surface area is 139 Å². The lowest BCUT2D eigenvalue weighted by Gasteiger charge is -2.23. The van der Waals surface area contributed by atoms with Crippen LogP contribution in [-0.4, -0.2) is 27.9 Å². The van der Waals surface area contributed by atoms with Gasteiger partial charge in [0.05, 0.1) is 6.04 Å². The van der Waals surface area contributed by atoms with Gasteiger partial charge in [-0.3, -0.25) is 0 Å². The minimum absolute atomic E-state index is 0.0437. The maximum atomic E-state index is 13.8. The molecular formula is C17H22FNO5. The van der Waals surface area contributed by atoms with Gasteiger partial charge in [-0.05, 0) is 46.2 Å². The summed E-state index contributed by atoms with van der Waals surface area (Å²) in [6.45, 7) is 6.71. The average molecular weight is 339 g/mol. The highest BCUT2D eigenvalue weighted by Gasteiger charge is 2.21. The molecule has 0 spiro atoms. The minimum atomic E-state index is -1.13. The minimum Gasteiger partial charge on any atom is -0.507 e. The Morgan fingerprint density at radius 3 is 2.54 bits per heavy atom. The van der Waals surface area contributed by atoms with Crippen LogP contribution in [0.25, 0.3) is 0 Å². The molecule has 7 heteroatoms. The van der Waals surface area contributed by atoms with E-state index in [1.807, 2.05) is 0 Å². The molecule has 0 aliphatic rings. The first kappa shape index (κ1) is 19.5. The number of phenolic OH excluding ortho intramolecular Hbond substituents is 1. The van der Waals surface area contributed by atoms with Crippen LogP contribution in [0, 0.1) is 5.82 Å². The second kappa shape index (κ2) is 7.81. The fourth-order valence-electron chi connectivity index (χ4n) is 2.01. The molecule has 1 rings (SSSR count). The van der Waals surface area contributed by atoms with E-state index in [-0.39, 0.29) is 23.3 Å². The molecule has 132 valence electrons. The van der Waals surface area contributed by atoms with E-state index in [2.05, 4.69) is 5.32 Å². The quantitative estimate of drug-likeness (QED) is 0.715. The number of allylic oxidation sites excluding steroid dienone is 1. The van der Waals surface area contributed by atoms with Crippen molar-refractivity contribution in [2.45, 2.75) is 45.8 Å². The van der Waals surface area contributed by atoms with Crippen molar-refractivity contribution in [2.24, 2.45) is 0 Å². The Bertz CT molecular complexity index is 649. The summed E-state index contributed by atoms with van der Waals surface area (Å²) < 4.78 is 18.9. The summed E-state index contributed by atoms with van der Waals surface area (Å²) in [4.78, 5) is 22.3. The number of rotatable bonds is 5. The van der Waals surface area contributed by atoms with E-state index in [9.17, 15) is 19.1 Å². The van der Waals surface area contributed by atoms with E-state index in [0.717, 1.165) is 18.2 Å². The summed E-state index contributed by atoms with van der Waals surface area (Å²) in [5.74, 6) is -1.93. The predicted molar refractivity (Wildman–Crippen MR) is 86.3 cm³/mol. The average Bonchev–Trinajstić information content (AvgIpc) is 2.39. The zero-order valence-electron chi connectivity index (χ0n) is 14.1. The number of carbonyl (C=O) groups excluding carboxylic acids is 1. The summed E-state index contributed by atoms with van der Waals surface area (Å²) in [6.07, 6.45) is 1.56. The molecule has 0 aliphatic carbocycles. The molecule has 0 saturated carbocycles. The highest BCUT2D eigenvalue weighted by Crippen LogP contribution is 2.30. The van der Waals surface area contributed by atoms with E-state index in [4.69, 9.17) is 9.84 Å². The van der Waals surface area contributed by atoms with Crippen molar-refractivity contribution in [3.8, 4) is 5.75 Å². The van der Waals surface area contributed by atoms with Crippen LogP contribution in [0.15, 0.2) is 24.3 Å². The summed E-state index contributed by atoms with van der Waals surface area (Å²) in [7, 11) is 0. The van der Waals surface area contributed by atoms with Crippen LogP contribution in [0.1, 0.15) is 44.9 Å². The number of benzene rings is 1. The number of hydrogen-bond acceptors (Lipinski definition) is 4. The van der Waals surface area contributed by atoms with Gasteiger partial charge in [0, 0.05) is 17.2 Å². The number of carboxylic acid groups (broad SMARTS) is 1. The monoisotopic (exact) mass is 339 g/mol. The van der Waals surface area contributed by atoms with Crippen LogP contribution in [0.5, 0.6) is 5.75 Å². The molecule has 0 aromatic heterocycles. The predicted octanol–water partition coefficient (Wildman–Crippen LogP) is 3.30. The van der Waals surface area contributed by atoms with Crippen LogP contribution >= 0.6 is 0 Å². The Morgan fingerprint density at radius 1 is 1.38 bits per heavy atom. The van der Waals surface area contributed by atoms with Crippen LogP contribution in [-0.2, 0) is 16.0 Å². The molecular weight excluding hydrogens is 317 g/mol. The number of alkyl carbamates (subject to hydrolysis) is 1. The molecule has 1 aromatic rings. The van der Waals surface area contributed by atoms with Gasteiger partial charge in [-0.25, -0.2) is 14.0 Å². The molecule has 0 bridgehead atoms. The number of carboxylic acids is 1. The van der Waals surface area contributed by atoms with Crippen LogP contribution in [0.2, 0.25) is 0 Å². The smallest absolute Gasteiger partial charge is 0.408 e. The number of hydrogen-bond donors (Lipinski definition) is 3. The number of amides is 1. The van der Waals surface area contributed by atoms with E-state index in [0.29, 0.717) is 0 Å². The van der Waals surface area contributed by atoms with E-state index >= 15 is 0 Å². The van der Waals surface area contributed by atoms with E-state index in [1.54, 1.807) is 27.7 Å². The second-order valence-corrected chi connectivity index (χ2v) is 6.32. The van der Waals surface area contributed by atoms with Gasteiger partial charge in [0.2, 0.25) is 0 Å². The lowest BCUT2D eigenvalue weighted by atomic mass is 10.0.